The predicted octanol–water partition coefficient (Wildman–Crippen LogP) is 5.29. The van der Waals surface area contributed by atoms with E-state index in [0.29, 0.717) is 12.6 Å². The molecule has 0 aliphatic heterocycles. The molecule has 0 atom stereocenters. The highest BCUT2D eigenvalue weighted by Gasteiger charge is 2.23. The van der Waals surface area contributed by atoms with Crippen molar-refractivity contribution in [3.05, 3.63) is 64.6 Å². The van der Waals surface area contributed by atoms with Crippen LogP contribution in [0, 0.1) is 0 Å². The largest absolute Gasteiger partial charge is 0.377 e. The predicted molar refractivity (Wildman–Crippen MR) is 135 cm³/mol. The van der Waals surface area contributed by atoms with Crippen LogP contribution >= 0.6 is 15.9 Å². The van der Waals surface area contributed by atoms with Crippen molar-refractivity contribution in [3.63, 3.8) is 0 Å². The number of pyridine rings is 1. The lowest BCUT2D eigenvalue weighted by atomic mass is 9.91. The molecule has 0 bridgehead atoms. The molecule has 1 heterocycles. The molecule has 2 amide bonds. The molecule has 1 aliphatic carbocycles. The lowest BCUT2D eigenvalue weighted by Crippen LogP contribution is -2.44. The number of hydrogen-bond donors (Lipinski definition) is 3. The Labute approximate surface area is 197 Å². The number of carbonyl (C=O) groups is 1. The second-order valence-electron chi connectivity index (χ2n) is 8.58. The van der Waals surface area contributed by atoms with E-state index in [0.717, 1.165) is 58.1 Å². The first-order valence-electron chi connectivity index (χ1n) is 11.1. The highest BCUT2D eigenvalue weighted by Crippen LogP contribution is 2.29. The number of anilines is 2. The van der Waals surface area contributed by atoms with Gasteiger partial charge in [-0.3, -0.25) is 0 Å². The Morgan fingerprint density at radius 1 is 1.03 bits per heavy atom. The van der Waals surface area contributed by atoms with Crippen LogP contribution in [0.15, 0.2) is 59.1 Å². The summed E-state index contributed by atoms with van der Waals surface area (Å²) in [5.74, 6) is 0.913. The maximum absolute atomic E-state index is 12.3. The van der Waals surface area contributed by atoms with Gasteiger partial charge >= 0.3 is 6.03 Å². The second kappa shape index (κ2) is 10.2. The normalized spacial score (nSPS) is 18.2. The average molecular weight is 496 g/mol. The Morgan fingerprint density at radius 3 is 2.44 bits per heavy atom. The number of carbonyl (C=O) groups excluding carboxylic acids is 1. The van der Waals surface area contributed by atoms with Gasteiger partial charge in [-0.25, -0.2) is 9.78 Å². The van der Waals surface area contributed by atoms with Crippen LogP contribution in [0.3, 0.4) is 0 Å². The minimum absolute atomic E-state index is 0.101. The molecule has 1 saturated carbocycles. The van der Waals surface area contributed by atoms with Gasteiger partial charge in [-0.1, -0.05) is 46.3 Å². The van der Waals surface area contributed by atoms with E-state index < -0.39 is 0 Å². The maximum Gasteiger partial charge on any atom is 0.315 e. The van der Waals surface area contributed by atoms with Gasteiger partial charge in [0, 0.05) is 54.3 Å². The van der Waals surface area contributed by atoms with Gasteiger partial charge in [-0.2, -0.15) is 0 Å². The zero-order valence-electron chi connectivity index (χ0n) is 18.6. The number of aromatic nitrogens is 1. The number of para-hydroxylation sites is 1. The summed E-state index contributed by atoms with van der Waals surface area (Å²) < 4.78 is 1.04. The third-order valence-corrected chi connectivity index (χ3v) is 6.49. The van der Waals surface area contributed by atoms with Crippen LogP contribution in [-0.4, -0.2) is 37.2 Å². The van der Waals surface area contributed by atoms with Gasteiger partial charge in [0.25, 0.3) is 0 Å². The van der Waals surface area contributed by atoms with Crippen LogP contribution in [0.1, 0.15) is 31.2 Å². The standard InChI is InChI=1S/C25H30BrN5O/c1-31(2)23-15-24(30-22-6-4-3-5-21(22)23)28-19-11-13-20(14-12-19)29-25(32)27-16-17-7-9-18(26)10-8-17/h3-10,15,19-20H,11-14,16H2,1-2H3,(H,28,30)(H2,27,29,32)/t19-,20+. The van der Waals surface area contributed by atoms with Crippen LogP contribution in [0.4, 0.5) is 16.3 Å². The van der Waals surface area contributed by atoms with E-state index in [4.69, 9.17) is 4.98 Å². The van der Waals surface area contributed by atoms with E-state index in [1.54, 1.807) is 0 Å². The number of hydrogen-bond acceptors (Lipinski definition) is 4. The van der Waals surface area contributed by atoms with Gasteiger partial charge < -0.3 is 20.9 Å². The fraction of sp³-hybridized carbons (Fsp3) is 0.360. The Morgan fingerprint density at radius 2 is 1.72 bits per heavy atom. The van der Waals surface area contributed by atoms with E-state index in [9.17, 15) is 4.79 Å². The molecule has 168 valence electrons. The van der Waals surface area contributed by atoms with Crippen molar-refractivity contribution < 1.29 is 4.79 Å². The van der Waals surface area contributed by atoms with Crippen LogP contribution < -0.4 is 20.9 Å². The fourth-order valence-corrected chi connectivity index (χ4v) is 4.48. The molecule has 7 heteroatoms. The van der Waals surface area contributed by atoms with Crippen LogP contribution in [0.2, 0.25) is 0 Å². The number of nitrogens with zero attached hydrogens (tertiary/aromatic N) is 2. The molecule has 2 aromatic carbocycles. The molecule has 1 aromatic heterocycles. The van der Waals surface area contributed by atoms with Crippen molar-refractivity contribution in [1.29, 1.82) is 0 Å². The van der Waals surface area contributed by atoms with Gasteiger partial charge in [-0.15, -0.1) is 0 Å². The Kier molecular flexibility index (Phi) is 7.15. The summed E-state index contributed by atoms with van der Waals surface area (Å²) in [6, 6.07) is 18.8. The smallest absolute Gasteiger partial charge is 0.315 e. The number of nitrogens with one attached hydrogen (secondary N) is 3. The summed E-state index contributed by atoms with van der Waals surface area (Å²) in [6.45, 7) is 0.526. The van der Waals surface area contributed by atoms with Crippen LogP contribution in [-0.2, 0) is 6.54 Å². The zero-order valence-corrected chi connectivity index (χ0v) is 20.2. The van der Waals surface area contributed by atoms with Crippen LogP contribution in [0.5, 0.6) is 0 Å². The maximum atomic E-state index is 12.3. The molecular formula is C25H30BrN5O. The number of amides is 2. The molecule has 0 saturated heterocycles. The number of fused-ring (bicyclic) bond motifs is 1. The zero-order chi connectivity index (χ0) is 22.5. The molecule has 4 rings (SSSR count). The molecular weight excluding hydrogens is 466 g/mol. The molecule has 0 spiro atoms. The fourth-order valence-electron chi connectivity index (χ4n) is 4.21. The van der Waals surface area contributed by atoms with E-state index in [-0.39, 0.29) is 12.1 Å². The Bertz CT molecular complexity index is 1060. The topological polar surface area (TPSA) is 69.3 Å². The summed E-state index contributed by atoms with van der Waals surface area (Å²) in [4.78, 5) is 19.2. The lowest BCUT2D eigenvalue weighted by Gasteiger charge is -2.30. The number of rotatable bonds is 6. The molecule has 3 aromatic rings. The Hall–Kier alpha value is -2.80. The van der Waals surface area contributed by atoms with E-state index in [2.05, 4.69) is 69.1 Å². The van der Waals surface area contributed by atoms with Gasteiger partial charge in [0.15, 0.2) is 0 Å². The highest BCUT2D eigenvalue weighted by atomic mass is 79.9. The van der Waals surface area contributed by atoms with E-state index >= 15 is 0 Å². The first-order chi connectivity index (χ1) is 15.5. The lowest BCUT2D eigenvalue weighted by molar-refractivity contribution is 0.231. The summed E-state index contributed by atoms with van der Waals surface area (Å²) in [6.07, 6.45) is 3.92. The summed E-state index contributed by atoms with van der Waals surface area (Å²) >= 11 is 3.43. The average Bonchev–Trinajstić information content (AvgIpc) is 2.79. The molecule has 0 unspecified atom stereocenters. The van der Waals surface area contributed by atoms with Gasteiger partial charge in [0.2, 0.25) is 0 Å². The first kappa shape index (κ1) is 22.4. The van der Waals surface area contributed by atoms with Gasteiger partial charge in [0.1, 0.15) is 5.82 Å². The van der Waals surface area contributed by atoms with Crippen molar-refractivity contribution in [2.45, 2.75) is 44.3 Å². The van der Waals surface area contributed by atoms with Crippen molar-refractivity contribution in [2.24, 2.45) is 0 Å². The molecule has 1 aliphatic rings. The van der Waals surface area contributed by atoms with E-state index in [1.807, 2.05) is 36.4 Å². The van der Waals surface area contributed by atoms with Crippen molar-refractivity contribution in [1.82, 2.24) is 15.6 Å². The second-order valence-corrected chi connectivity index (χ2v) is 9.50. The van der Waals surface area contributed by atoms with Crippen molar-refractivity contribution >= 4 is 44.4 Å². The molecule has 3 N–H and O–H groups in total. The minimum Gasteiger partial charge on any atom is -0.377 e. The molecule has 1 fully saturated rings. The quantitative estimate of drug-likeness (QED) is 0.434. The number of urea groups is 1. The van der Waals surface area contributed by atoms with Gasteiger partial charge in [-0.05, 0) is 49.4 Å². The minimum atomic E-state index is -0.101. The van der Waals surface area contributed by atoms with Gasteiger partial charge in [0.05, 0.1) is 5.52 Å². The molecule has 32 heavy (non-hydrogen) atoms. The summed E-state index contributed by atoms with van der Waals surface area (Å²) in [5, 5.41) is 10.9. The SMILES string of the molecule is CN(C)c1cc(N[C@H]2CC[C@@H](NC(=O)NCc3ccc(Br)cc3)CC2)nc2ccccc12. The number of benzene rings is 2. The molecule has 0 radical (unpaired) electrons. The summed E-state index contributed by atoms with van der Waals surface area (Å²) in [7, 11) is 4.12. The molecule has 6 nitrogen and oxygen atoms in total. The Balaban J connectivity index is 1.27. The monoisotopic (exact) mass is 495 g/mol. The van der Waals surface area contributed by atoms with Crippen molar-refractivity contribution in [3.8, 4) is 0 Å². The van der Waals surface area contributed by atoms with E-state index in [1.165, 1.54) is 0 Å². The third kappa shape index (κ3) is 5.71. The highest BCUT2D eigenvalue weighted by molar-refractivity contribution is 9.10. The van der Waals surface area contributed by atoms with Crippen molar-refractivity contribution in [2.75, 3.05) is 24.3 Å². The summed E-state index contributed by atoms with van der Waals surface area (Å²) in [5.41, 5.74) is 3.24. The number of halogens is 1. The first-order valence-corrected chi connectivity index (χ1v) is 11.9. The third-order valence-electron chi connectivity index (χ3n) is 5.96. The van der Waals surface area contributed by atoms with Crippen LogP contribution in [0.25, 0.3) is 10.9 Å².